The Morgan fingerprint density at radius 3 is 2.65 bits per heavy atom. The zero-order valence-electron chi connectivity index (χ0n) is 12.7. The van der Waals surface area contributed by atoms with Crippen LogP contribution in [0, 0.1) is 0 Å². The van der Waals surface area contributed by atoms with E-state index in [9.17, 15) is 0 Å². The summed E-state index contributed by atoms with van der Waals surface area (Å²) in [5.41, 5.74) is 2.50. The van der Waals surface area contributed by atoms with Crippen LogP contribution >= 0.6 is 0 Å². The predicted octanol–water partition coefficient (Wildman–Crippen LogP) is 1.86. The maximum Gasteiger partial charge on any atom is 0.0562 e. The largest absolute Gasteiger partial charge is 0.369 e. The molecule has 0 unspecified atom stereocenters. The summed E-state index contributed by atoms with van der Waals surface area (Å²) >= 11 is 0. The maximum atomic E-state index is 4.48. The highest BCUT2D eigenvalue weighted by molar-refractivity contribution is 5.47. The zero-order valence-corrected chi connectivity index (χ0v) is 12.7. The minimum Gasteiger partial charge on any atom is -0.369 e. The van der Waals surface area contributed by atoms with Gasteiger partial charge in [-0.25, -0.2) is 0 Å². The van der Waals surface area contributed by atoms with Crippen molar-refractivity contribution in [2.45, 2.75) is 45.3 Å². The van der Waals surface area contributed by atoms with Gasteiger partial charge in [-0.3, -0.25) is 9.88 Å². The van der Waals surface area contributed by atoms with E-state index < -0.39 is 0 Å². The molecule has 1 saturated carbocycles. The minimum absolute atomic E-state index is 0.660. The fraction of sp³-hybridized carbons (Fsp3) is 0.688. The van der Waals surface area contributed by atoms with E-state index in [4.69, 9.17) is 0 Å². The highest BCUT2D eigenvalue weighted by Crippen LogP contribution is 2.21. The third kappa shape index (κ3) is 3.49. The molecule has 2 fully saturated rings. The van der Waals surface area contributed by atoms with E-state index >= 15 is 0 Å². The van der Waals surface area contributed by atoms with Crippen molar-refractivity contribution in [1.29, 1.82) is 0 Å². The molecule has 1 aromatic heterocycles. The lowest BCUT2D eigenvalue weighted by molar-refractivity contribution is 0.209. The molecule has 0 amide bonds. The van der Waals surface area contributed by atoms with Gasteiger partial charge in [0.05, 0.1) is 5.69 Å². The van der Waals surface area contributed by atoms with Crippen molar-refractivity contribution in [2.75, 3.05) is 31.1 Å². The number of pyridine rings is 1. The second-order valence-corrected chi connectivity index (χ2v) is 6.28. The van der Waals surface area contributed by atoms with Crippen molar-refractivity contribution >= 4 is 5.69 Å². The topological polar surface area (TPSA) is 31.4 Å². The first-order chi connectivity index (χ1) is 9.72. The molecule has 2 heterocycles. The van der Waals surface area contributed by atoms with E-state index in [2.05, 4.69) is 46.1 Å². The minimum atomic E-state index is 0.660. The van der Waals surface area contributed by atoms with E-state index in [-0.39, 0.29) is 0 Å². The van der Waals surface area contributed by atoms with Gasteiger partial charge in [0.15, 0.2) is 0 Å². The molecule has 2 aliphatic rings. The summed E-state index contributed by atoms with van der Waals surface area (Å²) < 4.78 is 0. The first-order valence-electron chi connectivity index (χ1n) is 7.89. The molecule has 0 atom stereocenters. The van der Waals surface area contributed by atoms with Crippen LogP contribution in [-0.4, -0.2) is 48.1 Å². The van der Waals surface area contributed by atoms with Crippen molar-refractivity contribution in [1.82, 2.24) is 15.2 Å². The van der Waals surface area contributed by atoms with Gasteiger partial charge in [-0.15, -0.1) is 0 Å². The summed E-state index contributed by atoms with van der Waals surface area (Å²) in [5.74, 6) is 0. The summed E-state index contributed by atoms with van der Waals surface area (Å²) in [6.45, 7) is 10.0. The van der Waals surface area contributed by atoms with E-state index in [0.717, 1.165) is 38.8 Å². The fourth-order valence-electron chi connectivity index (χ4n) is 2.79. The number of hydrogen-bond donors (Lipinski definition) is 1. The molecule has 1 saturated heterocycles. The van der Waals surface area contributed by atoms with Gasteiger partial charge < -0.3 is 10.2 Å². The summed E-state index contributed by atoms with van der Waals surface area (Å²) in [7, 11) is 0. The molecule has 3 rings (SSSR count). The third-order valence-electron chi connectivity index (χ3n) is 4.36. The lowest BCUT2D eigenvalue weighted by Gasteiger charge is -2.38. The van der Waals surface area contributed by atoms with Gasteiger partial charge in [0.25, 0.3) is 0 Å². The highest BCUT2D eigenvalue weighted by Gasteiger charge is 2.21. The monoisotopic (exact) mass is 274 g/mol. The number of rotatable bonds is 5. The van der Waals surface area contributed by atoms with Crippen molar-refractivity contribution in [3.05, 3.63) is 24.0 Å². The van der Waals surface area contributed by atoms with Crippen LogP contribution in [0.25, 0.3) is 0 Å². The van der Waals surface area contributed by atoms with Crippen LogP contribution in [-0.2, 0) is 6.54 Å². The molecule has 4 nitrogen and oxygen atoms in total. The van der Waals surface area contributed by atoms with Crippen molar-refractivity contribution < 1.29 is 0 Å². The SMILES string of the molecule is CC(C)N1CCN(c2ccnc(CNC3CC3)c2)CC1. The summed E-state index contributed by atoms with van der Waals surface area (Å²) in [6, 6.07) is 5.80. The first kappa shape index (κ1) is 13.8. The Balaban J connectivity index is 1.57. The third-order valence-corrected chi connectivity index (χ3v) is 4.36. The second kappa shape index (κ2) is 6.10. The standard InChI is InChI=1S/C16H26N4/c1-13(2)19-7-9-20(10-8-19)16-5-6-17-15(11-16)12-18-14-3-4-14/h5-6,11,13-14,18H,3-4,7-10,12H2,1-2H3. The molecule has 0 radical (unpaired) electrons. The second-order valence-electron chi connectivity index (χ2n) is 6.28. The number of aromatic nitrogens is 1. The van der Waals surface area contributed by atoms with Crippen LogP contribution in [0.1, 0.15) is 32.4 Å². The van der Waals surface area contributed by atoms with Crippen LogP contribution in [0.15, 0.2) is 18.3 Å². The van der Waals surface area contributed by atoms with Crippen molar-refractivity contribution in [3.63, 3.8) is 0 Å². The highest BCUT2D eigenvalue weighted by atomic mass is 15.3. The van der Waals surface area contributed by atoms with E-state index in [1.54, 1.807) is 0 Å². The molecule has 110 valence electrons. The maximum absolute atomic E-state index is 4.48. The number of nitrogens with zero attached hydrogens (tertiary/aromatic N) is 3. The molecule has 0 spiro atoms. The smallest absolute Gasteiger partial charge is 0.0562 e. The molecule has 0 aromatic carbocycles. The van der Waals surface area contributed by atoms with Gasteiger partial charge in [0.2, 0.25) is 0 Å². The number of anilines is 1. The van der Waals surface area contributed by atoms with Crippen LogP contribution in [0.5, 0.6) is 0 Å². The Hall–Kier alpha value is -1.13. The van der Waals surface area contributed by atoms with Gasteiger partial charge in [-0.05, 0) is 38.8 Å². The van der Waals surface area contributed by atoms with Gasteiger partial charge in [0.1, 0.15) is 0 Å². The molecule has 4 heteroatoms. The van der Waals surface area contributed by atoms with E-state index in [1.807, 2.05) is 6.20 Å². The van der Waals surface area contributed by atoms with E-state index in [1.165, 1.54) is 24.2 Å². The Bertz CT molecular complexity index is 434. The fourth-order valence-corrected chi connectivity index (χ4v) is 2.79. The average Bonchev–Trinajstić information content (AvgIpc) is 3.30. The van der Waals surface area contributed by atoms with Crippen molar-refractivity contribution in [2.24, 2.45) is 0 Å². The quantitative estimate of drug-likeness (QED) is 0.888. The Morgan fingerprint density at radius 2 is 2.00 bits per heavy atom. The van der Waals surface area contributed by atoms with Gasteiger partial charge in [0, 0.05) is 56.7 Å². The van der Waals surface area contributed by atoms with Crippen molar-refractivity contribution in [3.8, 4) is 0 Å². The molecule has 1 aliphatic carbocycles. The molecule has 20 heavy (non-hydrogen) atoms. The molecular formula is C16H26N4. The lowest BCUT2D eigenvalue weighted by Crippen LogP contribution is -2.48. The molecule has 1 N–H and O–H groups in total. The first-order valence-corrected chi connectivity index (χ1v) is 7.89. The van der Waals surface area contributed by atoms with Crippen LogP contribution in [0.4, 0.5) is 5.69 Å². The molecule has 0 bridgehead atoms. The average molecular weight is 274 g/mol. The molecule has 1 aliphatic heterocycles. The van der Waals surface area contributed by atoms with Crippen LogP contribution in [0.3, 0.4) is 0 Å². The van der Waals surface area contributed by atoms with Crippen LogP contribution < -0.4 is 10.2 Å². The number of nitrogens with one attached hydrogen (secondary N) is 1. The van der Waals surface area contributed by atoms with Crippen LogP contribution in [0.2, 0.25) is 0 Å². The summed E-state index contributed by atoms with van der Waals surface area (Å²) in [4.78, 5) is 9.51. The Morgan fingerprint density at radius 1 is 1.25 bits per heavy atom. The number of hydrogen-bond acceptors (Lipinski definition) is 4. The van der Waals surface area contributed by atoms with E-state index in [0.29, 0.717) is 6.04 Å². The van der Waals surface area contributed by atoms with Gasteiger partial charge in [-0.2, -0.15) is 0 Å². The van der Waals surface area contributed by atoms with Gasteiger partial charge in [-0.1, -0.05) is 0 Å². The summed E-state index contributed by atoms with van der Waals surface area (Å²) in [6.07, 6.45) is 4.61. The number of piperazine rings is 1. The Kier molecular flexibility index (Phi) is 4.22. The summed E-state index contributed by atoms with van der Waals surface area (Å²) in [5, 5.41) is 3.54. The predicted molar refractivity (Wildman–Crippen MR) is 83.0 cm³/mol. The normalized spacial score (nSPS) is 20.6. The molecule has 1 aromatic rings. The lowest BCUT2D eigenvalue weighted by atomic mass is 10.2. The van der Waals surface area contributed by atoms with Gasteiger partial charge >= 0.3 is 0 Å². The molecular weight excluding hydrogens is 248 g/mol. The Labute approximate surface area is 122 Å². The zero-order chi connectivity index (χ0) is 13.9.